The quantitative estimate of drug-likeness (QED) is 0.899. The van der Waals surface area contributed by atoms with Crippen LogP contribution in [0.4, 0.5) is 0 Å². The fourth-order valence-electron chi connectivity index (χ4n) is 4.84. The third kappa shape index (κ3) is 3.02. The second-order valence-corrected chi connectivity index (χ2v) is 7.47. The molecule has 1 aromatic carbocycles. The number of pyridine rings is 1. The Labute approximate surface area is 149 Å². The van der Waals surface area contributed by atoms with Crippen LogP contribution in [0.1, 0.15) is 44.8 Å². The summed E-state index contributed by atoms with van der Waals surface area (Å²) in [6.07, 6.45) is 4.98. The van der Waals surface area contributed by atoms with Crippen molar-refractivity contribution < 1.29 is 9.84 Å². The van der Waals surface area contributed by atoms with Gasteiger partial charge in [-0.1, -0.05) is 13.3 Å². The molecule has 3 saturated heterocycles. The van der Waals surface area contributed by atoms with E-state index in [4.69, 9.17) is 4.74 Å². The van der Waals surface area contributed by atoms with Crippen LogP contribution in [0.3, 0.4) is 0 Å². The predicted molar refractivity (Wildman–Crippen MR) is 99.7 cm³/mol. The number of aliphatic hydroxyl groups is 1. The van der Waals surface area contributed by atoms with Crippen LogP contribution >= 0.6 is 0 Å². The van der Waals surface area contributed by atoms with E-state index in [1.165, 1.54) is 12.8 Å². The van der Waals surface area contributed by atoms with Gasteiger partial charge in [-0.25, -0.2) is 0 Å². The number of aliphatic hydroxyl groups excluding tert-OH is 1. The third-order valence-corrected chi connectivity index (χ3v) is 6.20. The lowest BCUT2D eigenvalue weighted by molar-refractivity contribution is -0.0562. The van der Waals surface area contributed by atoms with Crippen molar-refractivity contribution in [1.82, 2.24) is 9.88 Å². The van der Waals surface area contributed by atoms with Gasteiger partial charge in [0.2, 0.25) is 0 Å². The van der Waals surface area contributed by atoms with Crippen molar-refractivity contribution in [1.29, 1.82) is 0 Å². The van der Waals surface area contributed by atoms with Crippen LogP contribution in [0.25, 0.3) is 10.9 Å². The fourth-order valence-corrected chi connectivity index (χ4v) is 4.84. The van der Waals surface area contributed by atoms with E-state index in [-0.39, 0.29) is 6.04 Å². The Balaban J connectivity index is 1.66. The first-order valence-electron chi connectivity index (χ1n) is 9.64. The first kappa shape index (κ1) is 16.8. The van der Waals surface area contributed by atoms with Crippen LogP contribution in [0.2, 0.25) is 0 Å². The number of hydrogen-bond acceptors (Lipinski definition) is 4. The smallest absolute Gasteiger partial charge is 0.120 e. The highest BCUT2D eigenvalue weighted by Crippen LogP contribution is 2.42. The molecule has 2 aromatic rings. The van der Waals surface area contributed by atoms with Crippen LogP contribution in [0, 0.1) is 11.8 Å². The number of ether oxygens (including phenoxy) is 1. The van der Waals surface area contributed by atoms with Gasteiger partial charge in [-0.05, 0) is 68.0 Å². The number of hydrogen-bond donors (Lipinski definition) is 1. The first-order chi connectivity index (χ1) is 12.2. The molecular weight excluding hydrogens is 312 g/mol. The molecule has 4 heterocycles. The molecule has 0 amide bonds. The van der Waals surface area contributed by atoms with Crippen LogP contribution in [0.5, 0.6) is 5.75 Å². The minimum absolute atomic E-state index is 0.225. The van der Waals surface area contributed by atoms with Crippen LogP contribution < -0.4 is 4.74 Å². The van der Waals surface area contributed by atoms with Gasteiger partial charge in [0.25, 0.3) is 0 Å². The fraction of sp³-hybridized carbons (Fsp3) is 0.571. The van der Waals surface area contributed by atoms with Crippen molar-refractivity contribution in [2.75, 3.05) is 19.7 Å². The Bertz CT molecular complexity index is 748. The maximum Gasteiger partial charge on any atom is 0.120 e. The third-order valence-electron chi connectivity index (χ3n) is 6.20. The van der Waals surface area contributed by atoms with E-state index in [0.717, 1.165) is 53.6 Å². The van der Waals surface area contributed by atoms with Crippen molar-refractivity contribution in [2.24, 2.45) is 11.8 Å². The Morgan fingerprint density at radius 1 is 1.32 bits per heavy atom. The Morgan fingerprint density at radius 2 is 2.20 bits per heavy atom. The summed E-state index contributed by atoms with van der Waals surface area (Å²) in [7, 11) is 0. The lowest BCUT2D eigenvalue weighted by Crippen LogP contribution is -2.55. The van der Waals surface area contributed by atoms with Crippen molar-refractivity contribution in [3.8, 4) is 5.75 Å². The second kappa shape index (κ2) is 6.93. The summed E-state index contributed by atoms with van der Waals surface area (Å²) in [5.74, 6) is 2.41. The minimum atomic E-state index is -0.469. The molecule has 0 spiro atoms. The van der Waals surface area contributed by atoms with E-state index < -0.39 is 6.10 Å². The molecule has 0 radical (unpaired) electrons. The molecule has 5 rings (SSSR count). The summed E-state index contributed by atoms with van der Waals surface area (Å²) < 4.78 is 5.65. The largest absolute Gasteiger partial charge is 0.494 e. The molecule has 3 aliphatic heterocycles. The Hall–Kier alpha value is -1.65. The van der Waals surface area contributed by atoms with Crippen molar-refractivity contribution in [2.45, 2.75) is 45.3 Å². The molecule has 0 aliphatic carbocycles. The molecule has 25 heavy (non-hydrogen) atoms. The SMILES string of the molecule is CCOc1ccc2nccc([C@@H](O)[C@H]3C[C@@H]4CCN3C[C@H]4CC)c2c1. The normalized spacial score (nSPS) is 29.7. The predicted octanol–water partition coefficient (Wildman–Crippen LogP) is 3.79. The minimum Gasteiger partial charge on any atom is -0.494 e. The van der Waals surface area contributed by atoms with Crippen LogP contribution in [0.15, 0.2) is 30.5 Å². The van der Waals surface area contributed by atoms with Crippen LogP contribution in [-0.4, -0.2) is 40.7 Å². The molecule has 1 aromatic heterocycles. The number of rotatable bonds is 5. The van der Waals surface area contributed by atoms with Gasteiger partial charge in [0.15, 0.2) is 0 Å². The van der Waals surface area contributed by atoms with Crippen LogP contribution in [-0.2, 0) is 0 Å². The number of benzene rings is 1. The topological polar surface area (TPSA) is 45.6 Å². The van der Waals surface area contributed by atoms with E-state index in [0.29, 0.717) is 6.61 Å². The summed E-state index contributed by atoms with van der Waals surface area (Å²) in [5.41, 5.74) is 1.90. The maximum absolute atomic E-state index is 11.2. The average molecular weight is 340 g/mol. The highest BCUT2D eigenvalue weighted by molar-refractivity contribution is 5.83. The Kier molecular flexibility index (Phi) is 4.65. The number of piperidine rings is 3. The molecular formula is C21H28N2O2. The van der Waals surface area contributed by atoms with Gasteiger partial charge in [-0.3, -0.25) is 9.88 Å². The Morgan fingerprint density at radius 3 is 2.92 bits per heavy atom. The second-order valence-electron chi connectivity index (χ2n) is 7.47. The zero-order chi connectivity index (χ0) is 17.4. The molecule has 2 bridgehead atoms. The molecule has 4 heteroatoms. The van der Waals surface area contributed by atoms with Crippen molar-refractivity contribution >= 4 is 10.9 Å². The first-order valence-corrected chi connectivity index (χ1v) is 9.64. The summed E-state index contributed by atoms with van der Waals surface area (Å²) in [6.45, 7) is 7.18. The standard InChI is InChI=1S/C21H28N2O2/c1-3-14-13-23-10-8-15(14)11-20(23)21(24)17-7-9-22-19-6-5-16(25-4-2)12-18(17)19/h5-7,9,12,14-15,20-21,24H,3-4,8,10-11,13H2,1-2H3/t14-,15+,20-,21-/m1/s1. The monoisotopic (exact) mass is 340 g/mol. The summed E-state index contributed by atoms with van der Waals surface area (Å²) >= 11 is 0. The van der Waals surface area contributed by atoms with Gasteiger partial charge >= 0.3 is 0 Å². The summed E-state index contributed by atoms with van der Waals surface area (Å²) in [5, 5.41) is 12.2. The van der Waals surface area contributed by atoms with Gasteiger partial charge in [0.05, 0.1) is 18.2 Å². The van der Waals surface area contributed by atoms with E-state index in [9.17, 15) is 5.11 Å². The van der Waals surface area contributed by atoms with Crippen molar-refractivity contribution in [3.05, 3.63) is 36.0 Å². The molecule has 0 saturated carbocycles. The van der Waals surface area contributed by atoms with Gasteiger partial charge in [0, 0.05) is 24.2 Å². The zero-order valence-electron chi connectivity index (χ0n) is 15.2. The van der Waals surface area contributed by atoms with E-state index in [2.05, 4.69) is 16.8 Å². The average Bonchev–Trinajstić information content (AvgIpc) is 2.67. The van der Waals surface area contributed by atoms with Crippen molar-refractivity contribution in [3.63, 3.8) is 0 Å². The van der Waals surface area contributed by atoms with Gasteiger partial charge in [-0.15, -0.1) is 0 Å². The number of nitrogens with zero attached hydrogens (tertiary/aromatic N) is 2. The highest BCUT2D eigenvalue weighted by atomic mass is 16.5. The van der Waals surface area contributed by atoms with Gasteiger partial charge < -0.3 is 9.84 Å². The van der Waals surface area contributed by atoms with E-state index >= 15 is 0 Å². The van der Waals surface area contributed by atoms with E-state index in [1.54, 1.807) is 0 Å². The lowest BCUT2D eigenvalue weighted by Gasteiger charge is -2.51. The molecule has 3 aliphatic rings. The molecule has 4 nitrogen and oxygen atoms in total. The summed E-state index contributed by atoms with van der Waals surface area (Å²) in [6, 6.07) is 8.16. The molecule has 1 unspecified atom stereocenters. The molecule has 3 fully saturated rings. The number of aromatic nitrogens is 1. The maximum atomic E-state index is 11.2. The highest BCUT2D eigenvalue weighted by Gasteiger charge is 2.42. The summed E-state index contributed by atoms with van der Waals surface area (Å²) in [4.78, 5) is 6.98. The molecule has 1 N–H and O–H groups in total. The zero-order valence-corrected chi connectivity index (χ0v) is 15.2. The lowest BCUT2D eigenvalue weighted by atomic mass is 9.72. The van der Waals surface area contributed by atoms with Gasteiger partial charge in [0.1, 0.15) is 5.75 Å². The van der Waals surface area contributed by atoms with E-state index in [1.807, 2.05) is 37.4 Å². The van der Waals surface area contributed by atoms with Gasteiger partial charge in [-0.2, -0.15) is 0 Å². The molecule has 5 atom stereocenters. The number of fused-ring (bicyclic) bond motifs is 4. The molecule has 134 valence electrons.